The Morgan fingerprint density at radius 1 is 1.26 bits per heavy atom. The highest BCUT2D eigenvalue weighted by molar-refractivity contribution is 6.04. The standard InChI is InChI=1S/C16H20N2O4.ClH/c1-3-17-7-9-22-14-5-4-13(10-15(14)20-2)18-16(19)12-6-8-21-11-12;/h4-6,8,10-11,17H,3,7,9H2,1-2H3,(H,18,19);1H. The monoisotopic (exact) mass is 340 g/mol. The van der Waals surface area contributed by atoms with Crippen LogP contribution in [0.5, 0.6) is 11.5 Å². The molecule has 0 aliphatic rings. The van der Waals surface area contributed by atoms with E-state index in [1.165, 1.54) is 12.5 Å². The molecule has 0 saturated carbocycles. The highest BCUT2D eigenvalue weighted by atomic mass is 35.5. The molecule has 0 radical (unpaired) electrons. The molecule has 1 amide bonds. The van der Waals surface area contributed by atoms with Gasteiger partial charge in [0.15, 0.2) is 11.5 Å². The van der Waals surface area contributed by atoms with Gasteiger partial charge in [0.05, 0.1) is 18.9 Å². The fourth-order valence-corrected chi connectivity index (χ4v) is 1.87. The predicted molar refractivity (Wildman–Crippen MR) is 90.9 cm³/mol. The molecular weight excluding hydrogens is 320 g/mol. The molecule has 0 fully saturated rings. The van der Waals surface area contributed by atoms with Gasteiger partial charge in [0.25, 0.3) is 5.91 Å². The Labute approximate surface area is 141 Å². The van der Waals surface area contributed by atoms with Gasteiger partial charge in [-0.1, -0.05) is 6.92 Å². The first-order valence-corrected chi connectivity index (χ1v) is 7.09. The first-order chi connectivity index (χ1) is 10.7. The molecule has 0 saturated heterocycles. The van der Waals surface area contributed by atoms with Gasteiger partial charge in [0.2, 0.25) is 0 Å². The number of hydrogen-bond acceptors (Lipinski definition) is 5. The van der Waals surface area contributed by atoms with Gasteiger partial charge in [-0.05, 0) is 24.7 Å². The lowest BCUT2D eigenvalue weighted by molar-refractivity contribution is 0.102. The Kier molecular flexibility index (Phi) is 8.01. The minimum absolute atomic E-state index is 0. The lowest BCUT2D eigenvalue weighted by atomic mass is 10.2. The van der Waals surface area contributed by atoms with E-state index in [1.54, 1.807) is 31.4 Å². The van der Waals surface area contributed by atoms with Crippen LogP contribution in [0.25, 0.3) is 0 Å². The third-order valence-electron chi connectivity index (χ3n) is 2.99. The zero-order chi connectivity index (χ0) is 15.8. The van der Waals surface area contributed by atoms with Crippen LogP contribution >= 0.6 is 12.4 Å². The average molecular weight is 341 g/mol. The van der Waals surface area contributed by atoms with E-state index in [4.69, 9.17) is 13.9 Å². The number of benzene rings is 1. The summed E-state index contributed by atoms with van der Waals surface area (Å²) in [4.78, 5) is 12.0. The molecule has 0 aliphatic carbocycles. The van der Waals surface area contributed by atoms with Crippen LogP contribution in [0, 0.1) is 0 Å². The predicted octanol–water partition coefficient (Wildman–Crippen LogP) is 2.95. The molecule has 1 heterocycles. The molecule has 2 aromatic rings. The average Bonchev–Trinajstić information content (AvgIpc) is 3.07. The highest BCUT2D eigenvalue weighted by Crippen LogP contribution is 2.30. The van der Waals surface area contributed by atoms with Crippen LogP contribution in [-0.2, 0) is 0 Å². The summed E-state index contributed by atoms with van der Waals surface area (Å²) >= 11 is 0. The maximum absolute atomic E-state index is 12.0. The van der Waals surface area contributed by atoms with E-state index in [1.807, 2.05) is 6.92 Å². The number of halogens is 1. The maximum atomic E-state index is 12.0. The van der Waals surface area contributed by atoms with E-state index in [0.717, 1.165) is 13.1 Å². The van der Waals surface area contributed by atoms with Crippen molar-refractivity contribution in [3.8, 4) is 11.5 Å². The molecule has 2 N–H and O–H groups in total. The fraction of sp³-hybridized carbons (Fsp3) is 0.312. The van der Waals surface area contributed by atoms with E-state index in [-0.39, 0.29) is 18.3 Å². The number of furan rings is 1. The zero-order valence-electron chi connectivity index (χ0n) is 13.1. The number of nitrogens with one attached hydrogen (secondary N) is 2. The number of methoxy groups -OCH3 is 1. The third kappa shape index (κ3) is 5.50. The zero-order valence-corrected chi connectivity index (χ0v) is 13.9. The minimum Gasteiger partial charge on any atom is -0.493 e. The van der Waals surface area contributed by atoms with Crippen molar-refractivity contribution in [2.75, 3.05) is 32.1 Å². The molecule has 6 nitrogen and oxygen atoms in total. The van der Waals surface area contributed by atoms with Gasteiger partial charge in [-0.3, -0.25) is 4.79 Å². The number of ether oxygens (including phenoxy) is 2. The van der Waals surface area contributed by atoms with Gasteiger partial charge in [0, 0.05) is 18.3 Å². The summed E-state index contributed by atoms with van der Waals surface area (Å²) in [5, 5.41) is 5.95. The van der Waals surface area contributed by atoms with Gasteiger partial charge in [0.1, 0.15) is 12.9 Å². The normalized spacial score (nSPS) is 9.83. The minimum atomic E-state index is -0.239. The van der Waals surface area contributed by atoms with Crippen molar-refractivity contribution < 1.29 is 18.7 Å². The topological polar surface area (TPSA) is 72.7 Å². The Bertz CT molecular complexity index is 602. The van der Waals surface area contributed by atoms with Gasteiger partial charge in [-0.2, -0.15) is 0 Å². The second-order valence-electron chi connectivity index (χ2n) is 4.53. The summed E-state index contributed by atoms with van der Waals surface area (Å²) in [6.45, 7) is 4.25. The van der Waals surface area contributed by atoms with Crippen molar-refractivity contribution in [1.82, 2.24) is 5.32 Å². The maximum Gasteiger partial charge on any atom is 0.258 e. The van der Waals surface area contributed by atoms with Crippen LogP contribution in [0.3, 0.4) is 0 Å². The van der Waals surface area contributed by atoms with E-state index >= 15 is 0 Å². The lowest BCUT2D eigenvalue weighted by Crippen LogP contribution is -2.20. The van der Waals surface area contributed by atoms with Crippen molar-refractivity contribution in [2.24, 2.45) is 0 Å². The smallest absolute Gasteiger partial charge is 0.258 e. The summed E-state index contributed by atoms with van der Waals surface area (Å²) in [5.74, 6) is 0.972. The number of anilines is 1. The quantitative estimate of drug-likeness (QED) is 0.723. The van der Waals surface area contributed by atoms with Gasteiger partial charge < -0.3 is 24.5 Å². The van der Waals surface area contributed by atoms with Gasteiger partial charge >= 0.3 is 0 Å². The summed E-state index contributed by atoms with van der Waals surface area (Å²) in [5.41, 5.74) is 1.09. The second-order valence-corrected chi connectivity index (χ2v) is 4.53. The largest absolute Gasteiger partial charge is 0.493 e. The number of rotatable bonds is 8. The number of carbonyl (C=O) groups is 1. The Balaban J connectivity index is 0.00000264. The summed E-state index contributed by atoms with van der Waals surface area (Å²) < 4.78 is 15.8. The Morgan fingerprint density at radius 3 is 2.74 bits per heavy atom. The molecule has 7 heteroatoms. The first-order valence-electron chi connectivity index (χ1n) is 7.09. The molecule has 2 rings (SSSR count). The van der Waals surface area contributed by atoms with Crippen molar-refractivity contribution in [3.63, 3.8) is 0 Å². The van der Waals surface area contributed by atoms with Crippen molar-refractivity contribution in [3.05, 3.63) is 42.4 Å². The molecular formula is C16H21ClN2O4. The Hall–Kier alpha value is -2.18. The van der Waals surface area contributed by atoms with Crippen LogP contribution in [0.1, 0.15) is 17.3 Å². The summed E-state index contributed by atoms with van der Waals surface area (Å²) in [7, 11) is 1.56. The second kappa shape index (κ2) is 9.76. The first kappa shape index (κ1) is 18.9. The number of carbonyl (C=O) groups excluding carboxylic acids is 1. The molecule has 23 heavy (non-hydrogen) atoms. The highest BCUT2D eigenvalue weighted by Gasteiger charge is 2.10. The van der Waals surface area contributed by atoms with Crippen LogP contribution in [0.2, 0.25) is 0 Å². The van der Waals surface area contributed by atoms with E-state index in [2.05, 4.69) is 10.6 Å². The SMILES string of the molecule is CCNCCOc1ccc(NC(=O)c2ccoc2)cc1OC.Cl. The Morgan fingerprint density at radius 2 is 2.09 bits per heavy atom. The van der Waals surface area contributed by atoms with E-state index in [9.17, 15) is 4.79 Å². The third-order valence-corrected chi connectivity index (χ3v) is 2.99. The van der Waals surface area contributed by atoms with E-state index < -0.39 is 0 Å². The number of hydrogen-bond donors (Lipinski definition) is 2. The van der Waals surface area contributed by atoms with Crippen molar-refractivity contribution in [1.29, 1.82) is 0 Å². The molecule has 1 aromatic heterocycles. The summed E-state index contributed by atoms with van der Waals surface area (Å²) in [6.07, 6.45) is 2.85. The van der Waals surface area contributed by atoms with Crippen molar-refractivity contribution >= 4 is 24.0 Å². The molecule has 126 valence electrons. The molecule has 0 atom stereocenters. The number of likely N-dealkylation sites (N-methyl/N-ethyl adjacent to an activating group) is 1. The fourth-order valence-electron chi connectivity index (χ4n) is 1.87. The molecule has 0 aliphatic heterocycles. The molecule has 0 spiro atoms. The molecule has 0 bridgehead atoms. The number of amides is 1. The van der Waals surface area contributed by atoms with Crippen LogP contribution in [0.4, 0.5) is 5.69 Å². The van der Waals surface area contributed by atoms with E-state index in [0.29, 0.717) is 29.4 Å². The van der Waals surface area contributed by atoms with Crippen LogP contribution in [0.15, 0.2) is 41.2 Å². The summed E-state index contributed by atoms with van der Waals surface area (Å²) in [6, 6.07) is 6.87. The van der Waals surface area contributed by atoms with Crippen LogP contribution < -0.4 is 20.1 Å². The molecule has 0 unspecified atom stereocenters. The van der Waals surface area contributed by atoms with Crippen molar-refractivity contribution in [2.45, 2.75) is 6.92 Å². The lowest BCUT2D eigenvalue weighted by Gasteiger charge is -2.12. The molecule has 1 aromatic carbocycles. The van der Waals surface area contributed by atoms with Gasteiger partial charge in [-0.25, -0.2) is 0 Å². The van der Waals surface area contributed by atoms with Crippen LogP contribution in [-0.4, -0.2) is 32.7 Å². The van der Waals surface area contributed by atoms with Gasteiger partial charge in [-0.15, -0.1) is 12.4 Å².